The fourth-order valence-corrected chi connectivity index (χ4v) is 3.57. The second-order valence-corrected chi connectivity index (χ2v) is 7.08. The molecular formula is C21H20N2O8. The number of aromatic nitrogens is 1. The molecule has 10 heteroatoms. The van der Waals surface area contributed by atoms with E-state index in [2.05, 4.69) is 4.98 Å². The molecule has 1 amide bonds. The van der Waals surface area contributed by atoms with Crippen molar-refractivity contribution in [2.24, 2.45) is 5.73 Å². The Morgan fingerprint density at radius 2 is 1.90 bits per heavy atom. The molecule has 31 heavy (non-hydrogen) atoms. The van der Waals surface area contributed by atoms with Crippen molar-refractivity contribution in [3.63, 3.8) is 0 Å². The van der Waals surface area contributed by atoms with Crippen LogP contribution in [-0.4, -0.2) is 36.3 Å². The van der Waals surface area contributed by atoms with Gasteiger partial charge in [-0.3, -0.25) is 14.4 Å². The number of ether oxygens (including phenoxy) is 3. The highest BCUT2D eigenvalue weighted by molar-refractivity contribution is 5.84. The molecule has 1 atom stereocenters. The number of amides is 1. The average Bonchev–Trinajstić information content (AvgIpc) is 2.73. The fraction of sp³-hybridized carbons (Fsp3) is 0.286. The van der Waals surface area contributed by atoms with Crippen molar-refractivity contribution in [1.29, 1.82) is 0 Å². The van der Waals surface area contributed by atoms with Gasteiger partial charge in [0, 0.05) is 36.6 Å². The summed E-state index contributed by atoms with van der Waals surface area (Å²) in [5, 5.41) is 10.9. The molecule has 0 unspecified atom stereocenters. The summed E-state index contributed by atoms with van der Waals surface area (Å²) in [4.78, 5) is 39.6. The van der Waals surface area contributed by atoms with Crippen LogP contribution in [0.2, 0.25) is 0 Å². The summed E-state index contributed by atoms with van der Waals surface area (Å²) in [5.41, 5.74) is 4.73. The third-order valence-electron chi connectivity index (χ3n) is 4.92. The molecule has 1 aliphatic rings. The lowest BCUT2D eigenvalue weighted by Gasteiger charge is -2.20. The Balaban J connectivity index is 1.91. The van der Waals surface area contributed by atoms with Crippen molar-refractivity contribution in [3.8, 4) is 17.2 Å². The van der Waals surface area contributed by atoms with Crippen molar-refractivity contribution < 1.29 is 28.5 Å². The highest BCUT2D eigenvalue weighted by atomic mass is 16.6. The number of nitrogens with two attached hydrogens (primary N) is 1. The van der Waals surface area contributed by atoms with Crippen molar-refractivity contribution >= 4 is 16.8 Å². The molecule has 10 nitrogen and oxygen atoms in total. The van der Waals surface area contributed by atoms with E-state index in [4.69, 9.17) is 24.4 Å². The number of benzene rings is 1. The van der Waals surface area contributed by atoms with Gasteiger partial charge in [0.2, 0.25) is 17.1 Å². The Bertz CT molecular complexity index is 1280. The van der Waals surface area contributed by atoms with Gasteiger partial charge in [0.15, 0.2) is 17.3 Å². The molecule has 0 aliphatic carbocycles. The van der Waals surface area contributed by atoms with Crippen LogP contribution in [0.25, 0.3) is 10.9 Å². The van der Waals surface area contributed by atoms with Crippen LogP contribution in [0.15, 0.2) is 38.3 Å². The van der Waals surface area contributed by atoms with E-state index in [9.17, 15) is 19.5 Å². The quantitative estimate of drug-likeness (QED) is 0.528. The van der Waals surface area contributed by atoms with E-state index in [0.29, 0.717) is 35.6 Å². The second kappa shape index (κ2) is 8.15. The van der Waals surface area contributed by atoms with E-state index in [1.54, 1.807) is 18.2 Å². The number of carbonyl (C=O) groups is 1. The van der Waals surface area contributed by atoms with E-state index in [0.717, 1.165) is 6.07 Å². The molecule has 1 aliphatic heterocycles. The maximum atomic E-state index is 12.9. The molecule has 2 aromatic heterocycles. The number of aromatic hydroxyl groups is 1. The molecule has 3 aromatic rings. The number of hydrogen-bond acceptors (Lipinski definition) is 8. The van der Waals surface area contributed by atoms with Crippen LogP contribution >= 0.6 is 0 Å². The van der Waals surface area contributed by atoms with E-state index >= 15 is 0 Å². The lowest BCUT2D eigenvalue weighted by atomic mass is 9.92. The molecule has 4 N–H and O–H groups in total. The standard InChI is InChI=1S/C21H20N2O8/c1-28-9-11-6-15(24)19(26)20(31-11)12(7-18(22)25)13-4-10-5-16-17(30-3-2-29-16)8-14(10)23-21(13)27/h4-6,8,12,26H,2-3,7,9H2,1H3,(H2,22,25)(H,23,27)/t12-/m1/s1. The summed E-state index contributed by atoms with van der Waals surface area (Å²) >= 11 is 0. The van der Waals surface area contributed by atoms with Crippen molar-refractivity contribution in [2.75, 3.05) is 20.3 Å². The number of carbonyl (C=O) groups excluding carboxylic acids is 1. The zero-order valence-electron chi connectivity index (χ0n) is 16.6. The minimum absolute atomic E-state index is 0.0383. The first kappa shape index (κ1) is 20.5. The molecule has 0 saturated carbocycles. The predicted octanol–water partition coefficient (Wildman–Crippen LogP) is 1.11. The third-order valence-corrected chi connectivity index (χ3v) is 4.92. The summed E-state index contributed by atoms with van der Waals surface area (Å²) in [7, 11) is 1.41. The Labute approximate surface area is 175 Å². The normalized spacial score (nSPS) is 13.8. The maximum Gasteiger partial charge on any atom is 0.252 e. The molecular weight excluding hydrogens is 408 g/mol. The predicted molar refractivity (Wildman–Crippen MR) is 109 cm³/mol. The summed E-state index contributed by atoms with van der Waals surface area (Å²) in [6.45, 7) is 0.755. The summed E-state index contributed by atoms with van der Waals surface area (Å²) in [6, 6.07) is 5.97. The van der Waals surface area contributed by atoms with Gasteiger partial charge in [-0.25, -0.2) is 0 Å². The van der Waals surface area contributed by atoms with Crippen LogP contribution in [0.4, 0.5) is 0 Å². The van der Waals surface area contributed by atoms with Gasteiger partial charge >= 0.3 is 0 Å². The smallest absolute Gasteiger partial charge is 0.252 e. The number of fused-ring (bicyclic) bond motifs is 2. The summed E-state index contributed by atoms with van der Waals surface area (Å²) in [5.74, 6) is -1.62. The monoisotopic (exact) mass is 428 g/mol. The van der Waals surface area contributed by atoms with E-state index in [-0.39, 0.29) is 30.1 Å². The number of methoxy groups -OCH3 is 1. The van der Waals surface area contributed by atoms with Crippen molar-refractivity contribution in [3.05, 3.63) is 61.9 Å². The number of nitrogens with one attached hydrogen (secondary N) is 1. The van der Waals surface area contributed by atoms with Gasteiger partial charge < -0.3 is 34.5 Å². The largest absolute Gasteiger partial charge is 0.502 e. The number of H-pyrrole nitrogens is 1. The minimum atomic E-state index is -1.09. The van der Waals surface area contributed by atoms with Crippen LogP contribution in [0.3, 0.4) is 0 Å². The molecule has 3 heterocycles. The molecule has 0 fully saturated rings. The fourth-order valence-electron chi connectivity index (χ4n) is 3.57. The van der Waals surface area contributed by atoms with Crippen molar-refractivity contribution in [2.45, 2.75) is 18.9 Å². The summed E-state index contributed by atoms with van der Waals surface area (Å²) in [6.07, 6.45) is -0.369. The van der Waals surface area contributed by atoms with Crippen LogP contribution in [0.5, 0.6) is 17.2 Å². The third kappa shape index (κ3) is 3.97. The average molecular weight is 428 g/mol. The lowest BCUT2D eigenvalue weighted by molar-refractivity contribution is -0.118. The Hall–Kier alpha value is -3.79. The summed E-state index contributed by atoms with van der Waals surface area (Å²) < 4.78 is 21.7. The number of pyridine rings is 1. The van der Waals surface area contributed by atoms with Crippen LogP contribution < -0.4 is 26.2 Å². The van der Waals surface area contributed by atoms with E-state index in [1.807, 2.05) is 0 Å². The van der Waals surface area contributed by atoms with Gasteiger partial charge in [0.25, 0.3) is 5.56 Å². The highest BCUT2D eigenvalue weighted by Gasteiger charge is 2.28. The first-order valence-electron chi connectivity index (χ1n) is 9.47. The van der Waals surface area contributed by atoms with Crippen LogP contribution in [0, 0.1) is 0 Å². The SMILES string of the molecule is COCc1cc(=O)c(O)c([C@H](CC(N)=O)c2cc3cc4c(cc3[nH]c2=O)OCCO4)o1. The lowest BCUT2D eigenvalue weighted by Crippen LogP contribution is -2.23. The van der Waals surface area contributed by atoms with Crippen molar-refractivity contribution in [1.82, 2.24) is 4.98 Å². The Morgan fingerprint density at radius 3 is 2.58 bits per heavy atom. The first-order chi connectivity index (χ1) is 14.9. The number of rotatable bonds is 6. The molecule has 0 bridgehead atoms. The van der Waals surface area contributed by atoms with Crippen LogP contribution in [0.1, 0.15) is 29.4 Å². The molecule has 0 spiro atoms. The number of primary amides is 1. The molecule has 0 radical (unpaired) electrons. The highest BCUT2D eigenvalue weighted by Crippen LogP contribution is 2.36. The zero-order chi connectivity index (χ0) is 22.1. The first-order valence-corrected chi connectivity index (χ1v) is 9.47. The molecule has 1 aromatic carbocycles. The van der Waals surface area contributed by atoms with Gasteiger partial charge in [-0.1, -0.05) is 0 Å². The van der Waals surface area contributed by atoms with Gasteiger partial charge in [0.1, 0.15) is 25.6 Å². The zero-order valence-corrected chi connectivity index (χ0v) is 16.6. The Kier molecular flexibility index (Phi) is 5.38. The van der Waals surface area contributed by atoms with Gasteiger partial charge in [-0.15, -0.1) is 0 Å². The van der Waals surface area contributed by atoms with E-state index in [1.165, 1.54) is 7.11 Å². The number of hydrogen-bond donors (Lipinski definition) is 3. The van der Waals surface area contributed by atoms with Gasteiger partial charge in [-0.05, 0) is 12.1 Å². The minimum Gasteiger partial charge on any atom is -0.502 e. The Morgan fingerprint density at radius 1 is 1.19 bits per heavy atom. The van der Waals surface area contributed by atoms with E-state index < -0.39 is 28.6 Å². The van der Waals surface area contributed by atoms with Gasteiger partial charge in [0.05, 0.1) is 11.4 Å². The van der Waals surface area contributed by atoms with Crippen LogP contribution in [-0.2, 0) is 16.1 Å². The van der Waals surface area contributed by atoms with Gasteiger partial charge in [-0.2, -0.15) is 0 Å². The topological polar surface area (TPSA) is 154 Å². The molecule has 0 saturated heterocycles. The molecule has 162 valence electrons. The second-order valence-electron chi connectivity index (χ2n) is 7.08. The molecule has 4 rings (SSSR count). The number of aromatic amines is 1. The maximum absolute atomic E-state index is 12.9.